The lowest BCUT2D eigenvalue weighted by atomic mass is 10.3. The van der Waals surface area contributed by atoms with Crippen LogP contribution in [0, 0.1) is 6.92 Å². The van der Waals surface area contributed by atoms with Gasteiger partial charge in [-0.2, -0.15) is 0 Å². The molecule has 26 heavy (non-hydrogen) atoms. The van der Waals surface area contributed by atoms with Crippen molar-refractivity contribution in [2.24, 2.45) is 0 Å². The monoisotopic (exact) mass is 395 g/mol. The molecule has 1 amide bonds. The van der Waals surface area contributed by atoms with Crippen LogP contribution in [0.3, 0.4) is 0 Å². The van der Waals surface area contributed by atoms with Gasteiger partial charge in [0.2, 0.25) is 15.9 Å². The molecule has 8 nitrogen and oxygen atoms in total. The van der Waals surface area contributed by atoms with Gasteiger partial charge in [-0.05, 0) is 31.2 Å². The van der Waals surface area contributed by atoms with Crippen LogP contribution in [0.1, 0.15) is 12.7 Å². The fourth-order valence-electron chi connectivity index (χ4n) is 2.13. The Kier molecular flexibility index (Phi) is 6.95. The number of anilines is 1. The second-order valence-corrected chi connectivity index (χ2v) is 8.00. The van der Waals surface area contributed by atoms with E-state index >= 15 is 0 Å². The maximum absolute atomic E-state index is 12.1. The fourth-order valence-corrected chi connectivity index (χ4v) is 3.96. The smallest absolute Gasteiger partial charge is 0.240 e. The van der Waals surface area contributed by atoms with Crippen molar-refractivity contribution >= 4 is 33.4 Å². The number of carbonyl (C=O) groups is 1. The maximum Gasteiger partial charge on any atom is 0.240 e. The van der Waals surface area contributed by atoms with Crippen molar-refractivity contribution in [3.05, 3.63) is 42.7 Å². The fraction of sp³-hybridized carbons (Fsp3) is 0.312. The summed E-state index contributed by atoms with van der Waals surface area (Å²) in [5.41, 5.74) is 0.523. The van der Waals surface area contributed by atoms with E-state index in [-0.39, 0.29) is 16.6 Å². The molecule has 0 aliphatic heterocycles. The van der Waals surface area contributed by atoms with Crippen molar-refractivity contribution in [1.82, 2.24) is 19.5 Å². The molecule has 0 radical (unpaired) electrons. The number of amides is 1. The molecule has 0 aliphatic rings. The van der Waals surface area contributed by atoms with Crippen LogP contribution >= 0.6 is 11.8 Å². The van der Waals surface area contributed by atoms with Crippen molar-refractivity contribution in [2.45, 2.75) is 30.4 Å². The summed E-state index contributed by atoms with van der Waals surface area (Å²) in [7, 11) is -3.50. The number of aryl methyl sites for hydroxylation is 1. The number of hydrogen-bond donors (Lipinski definition) is 2. The van der Waals surface area contributed by atoms with E-state index in [0.29, 0.717) is 23.9 Å². The van der Waals surface area contributed by atoms with Gasteiger partial charge >= 0.3 is 0 Å². The third kappa shape index (κ3) is 5.16. The Morgan fingerprint density at radius 2 is 2.00 bits per heavy atom. The molecule has 0 spiro atoms. The minimum atomic E-state index is -3.50. The molecule has 0 saturated carbocycles. The Balaban J connectivity index is 1.95. The van der Waals surface area contributed by atoms with Gasteiger partial charge < -0.3 is 9.88 Å². The molecule has 1 aromatic heterocycles. The van der Waals surface area contributed by atoms with E-state index in [2.05, 4.69) is 26.8 Å². The molecular formula is C16H21N5O3S2. The summed E-state index contributed by atoms with van der Waals surface area (Å²) in [6.45, 7) is 8.13. The molecule has 1 heterocycles. The van der Waals surface area contributed by atoms with Gasteiger partial charge in [0.15, 0.2) is 5.16 Å². The van der Waals surface area contributed by atoms with E-state index in [1.165, 1.54) is 23.9 Å². The van der Waals surface area contributed by atoms with Crippen LogP contribution < -0.4 is 10.0 Å². The molecule has 10 heteroatoms. The zero-order chi connectivity index (χ0) is 19.2. The number of thioether (sulfide) groups is 1. The third-order valence-electron chi connectivity index (χ3n) is 3.33. The summed E-state index contributed by atoms with van der Waals surface area (Å²) in [5, 5.41) is 11.4. The van der Waals surface area contributed by atoms with Crippen molar-refractivity contribution in [3.63, 3.8) is 0 Å². The van der Waals surface area contributed by atoms with Crippen molar-refractivity contribution in [3.8, 4) is 0 Å². The van der Waals surface area contributed by atoms with Crippen LogP contribution in [0.15, 0.2) is 47.0 Å². The average molecular weight is 396 g/mol. The molecule has 0 saturated heterocycles. The van der Waals surface area contributed by atoms with Crippen LogP contribution in [0.2, 0.25) is 0 Å². The Labute approximate surface area is 157 Å². The molecule has 2 aromatic rings. The number of allylic oxidation sites excluding steroid dienone is 1. The van der Waals surface area contributed by atoms with Crippen LogP contribution in [0.4, 0.5) is 5.69 Å². The van der Waals surface area contributed by atoms with E-state index in [4.69, 9.17) is 0 Å². The standard InChI is InChI=1S/C16H21N5O3S2/c1-4-10-21-12(3)19-20-16(21)25-11-15(22)18-13-6-8-14(9-7-13)26(23,24)17-5-2/h4,6-9,17H,1,5,10-11H2,2-3H3,(H,18,22). The van der Waals surface area contributed by atoms with Crippen LogP contribution in [-0.2, 0) is 21.4 Å². The molecule has 140 valence electrons. The number of carbonyl (C=O) groups excluding carboxylic acids is 1. The van der Waals surface area contributed by atoms with Gasteiger partial charge in [0.25, 0.3) is 0 Å². The lowest BCUT2D eigenvalue weighted by molar-refractivity contribution is -0.113. The Bertz CT molecular complexity index is 876. The Morgan fingerprint density at radius 3 is 2.62 bits per heavy atom. The van der Waals surface area contributed by atoms with Crippen LogP contribution in [-0.4, -0.2) is 41.4 Å². The highest BCUT2D eigenvalue weighted by Crippen LogP contribution is 2.18. The molecular weight excluding hydrogens is 374 g/mol. The number of benzene rings is 1. The van der Waals surface area contributed by atoms with Crippen LogP contribution in [0.5, 0.6) is 0 Å². The van der Waals surface area contributed by atoms with E-state index < -0.39 is 10.0 Å². The van der Waals surface area contributed by atoms with Gasteiger partial charge in [-0.3, -0.25) is 4.79 Å². The highest BCUT2D eigenvalue weighted by atomic mass is 32.2. The first-order valence-electron chi connectivity index (χ1n) is 7.90. The summed E-state index contributed by atoms with van der Waals surface area (Å²) in [6.07, 6.45) is 1.74. The number of rotatable bonds is 9. The average Bonchev–Trinajstić information content (AvgIpc) is 2.94. The van der Waals surface area contributed by atoms with E-state index in [1.807, 2.05) is 11.5 Å². The van der Waals surface area contributed by atoms with Gasteiger partial charge in [0.1, 0.15) is 5.82 Å². The predicted octanol–water partition coefficient (Wildman–Crippen LogP) is 1.80. The molecule has 2 N–H and O–H groups in total. The summed E-state index contributed by atoms with van der Waals surface area (Å²) in [5.74, 6) is 0.695. The first-order valence-corrected chi connectivity index (χ1v) is 10.4. The van der Waals surface area contributed by atoms with Crippen LogP contribution in [0.25, 0.3) is 0 Å². The largest absolute Gasteiger partial charge is 0.325 e. The first-order chi connectivity index (χ1) is 12.4. The topological polar surface area (TPSA) is 106 Å². The van der Waals surface area contributed by atoms with Crippen molar-refractivity contribution in [1.29, 1.82) is 0 Å². The normalized spacial score (nSPS) is 11.3. The minimum Gasteiger partial charge on any atom is -0.325 e. The van der Waals surface area contributed by atoms with E-state index in [0.717, 1.165) is 5.82 Å². The summed E-state index contributed by atoms with van der Waals surface area (Å²) < 4.78 is 28.1. The van der Waals surface area contributed by atoms with Gasteiger partial charge in [-0.25, -0.2) is 13.1 Å². The van der Waals surface area contributed by atoms with E-state index in [9.17, 15) is 13.2 Å². The molecule has 0 bridgehead atoms. The van der Waals surface area contributed by atoms with E-state index in [1.54, 1.807) is 25.1 Å². The molecule has 0 fully saturated rings. The predicted molar refractivity (Wildman–Crippen MR) is 102 cm³/mol. The second kappa shape index (κ2) is 8.97. The number of nitrogens with zero attached hydrogens (tertiary/aromatic N) is 3. The Hall–Kier alpha value is -2.17. The Morgan fingerprint density at radius 1 is 1.31 bits per heavy atom. The second-order valence-electron chi connectivity index (χ2n) is 5.29. The highest BCUT2D eigenvalue weighted by Gasteiger charge is 2.13. The minimum absolute atomic E-state index is 0.153. The highest BCUT2D eigenvalue weighted by molar-refractivity contribution is 7.99. The zero-order valence-electron chi connectivity index (χ0n) is 14.6. The van der Waals surface area contributed by atoms with Crippen molar-refractivity contribution < 1.29 is 13.2 Å². The number of nitrogens with one attached hydrogen (secondary N) is 2. The first kappa shape index (κ1) is 20.1. The summed E-state index contributed by atoms with van der Waals surface area (Å²) in [4.78, 5) is 12.3. The van der Waals surface area contributed by atoms with Gasteiger partial charge in [-0.1, -0.05) is 24.8 Å². The number of sulfonamides is 1. The summed E-state index contributed by atoms with van der Waals surface area (Å²) in [6, 6.07) is 6.00. The molecule has 0 unspecified atom stereocenters. The van der Waals surface area contributed by atoms with Crippen molar-refractivity contribution in [2.75, 3.05) is 17.6 Å². The molecule has 0 atom stereocenters. The number of hydrogen-bond acceptors (Lipinski definition) is 6. The lowest BCUT2D eigenvalue weighted by Gasteiger charge is -2.08. The number of aromatic nitrogens is 3. The quantitative estimate of drug-likeness (QED) is 0.495. The van der Waals surface area contributed by atoms with Gasteiger partial charge in [0.05, 0.1) is 10.6 Å². The molecule has 0 aliphatic carbocycles. The molecule has 1 aromatic carbocycles. The lowest BCUT2D eigenvalue weighted by Crippen LogP contribution is -2.23. The SMILES string of the molecule is C=CCn1c(C)nnc1SCC(=O)Nc1ccc(S(=O)(=O)NCC)cc1. The van der Waals surface area contributed by atoms with Gasteiger partial charge in [-0.15, -0.1) is 16.8 Å². The summed E-state index contributed by atoms with van der Waals surface area (Å²) >= 11 is 1.27. The molecule has 2 rings (SSSR count). The zero-order valence-corrected chi connectivity index (χ0v) is 16.2. The maximum atomic E-state index is 12.1. The van der Waals surface area contributed by atoms with Gasteiger partial charge in [0, 0.05) is 18.8 Å². The third-order valence-corrected chi connectivity index (χ3v) is 5.86.